The Morgan fingerprint density at radius 3 is 2.23 bits per heavy atom. The molecule has 30 heavy (non-hydrogen) atoms. The van der Waals surface area contributed by atoms with Crippen LogP contribution in [0.1, 0.15) is 17.0 Å². The molecule has 6 heteroatoms. The third-order valence-corrected chi connectivity index (χ3v) is 5.74. The molecule has 4 aromatic rings. The van der Waals surface area contributed by atoms with Gasteiger partial charge < -0.3 is 9.88 Å². The van der Waals surface area contributed by atoms with Gasteiger partial charge in [-0.1, -0.05) is 71.7 Å². The van der Waals surface area contributed by atoms with E-state index in [4.69, 9.17) is 28.2 Å². The third-order valence-electron chi connectivity index (χ3n) is 5.00. The normalized spacial score (nSPS) is 11.0. The standard InChI is InChI=1S/C24H21Cl2N3O/c25-19-9-3-1-7-17(19)15-24(30)27-14-13-23-28-21-11-5-6-12-22(21)29(23)16-18-8-2-4-10-20(18)26/h1-12H,13-16H2,(H,27,30). The summed E-state index contributed by atoms with van der Waals surface area (Å²) in [4.78, 5) is 17.1. The quantitative estimate of drug-likeness (QED) is 0.426. The van der Waals surface area contributed by atoms with E-state index in [0.717, 1.165) is 33.0 Å². The summed E-state index contributed by atoms with van der Waals surface area (Å²) in [6.07, 6.45) is 0.878. The second-order valence-corrected chi connectivity index (χ2v) is 7.88. The first-order chi connectivity index (χ1) is 14.6. The molecule has 4 nitrogen and oxygen atoms in total. The van der Waals surface area contributed by atoms with Crippen LogP contribution in [0, 0.1) is 0 Å². The van der Waals surface area contributed by atoms with Crippen molar-refractivity contribution in [3.63, 3.8) is 0 Å². The van der Waals surface area contributed by atoms with E-state index in [0.29, 0.717) is 24.5 Å². The van der Waals surface area contributed by atoms with Crippen molar-refractivity contribution in [3.05, 3.63) is 99.8 Å². The van der Waals surface area contributed by atoms with Crippen LogP contribution < -0.4 is 5.32 Å². The molecule has 0 spiro atoms. The van der Waals surface area contributed by atoms with Gasteiger partial charge in [0.05, 0.1) is 24.0 Å². The van der Waals surface area contributed by atoms with Crippen molar-refractivity contribution in [2.75, 3.05) is 6.54 Å². The monoisotopic (exact) mass is 437 g/mol. The van der Waals surface area contributed by atoms with E-state index in [-0.39, 0.29) is 12.3 Å². The fourth-order valence-electron chi connectivity index (χ4n) is 3.48. The molecule has 1 heterocycles. The summed E-state index contributed by atoms with van der Waals surface area (Å²) in [6, 6.07) is 23.2. The molecule has 1 aromatic heterocycles. The summed E-state index contributed by atoms with van der Waals surface area (Å²) in [7, 11) is 0. The van der Waals surface area contributed by atoms with E-state index < -0.39 is 0 Å². The van der Waals surface area contributed by atoms with E-state index in [1.165, 1.54) is 0 Å². The predicted molar refractivity (Wildman–Crippen MR) is 122 cm³/mol. The van der Waals surface area contributed by atoms with E-state index in [1.807, 2.05) is 60.7 Å². The van der Waals surface area contributed by atoms with E-state index in [2.05, 4.69) is 16.0 Å². The second-order valence-electron chi connectivity index (χ2n) is 7.06. The number of amides is 1. The van der Waals surface area contributed by atoms with Crippen molar-refractivity contribution in [1.82, 2.24) is 14.9 Å². The van der Waals surface area contributed by atoms with E-state index >= 15 is 0 Å². The smallest absolute Gasteiger partial charge is 0.224 e. The summed E-state index contributed by atoms with van der Waals surface area (Å²) in [5.41, 5.74) is 3.84. The Bertz CT molecular complexity index is 1190. The highest BCUT2D eigenvalue weighted by Crippen LogP contribution is 2.22. The van der Waals surface area contributed by atoms with Crippen LogP contribution in [0.4, 0.5) is 0 Å². The number of para-hydroxylation sites is 2. The maximum absolute atomic E-state index is 12.3. The van der Waals surface area contributed by atoms with Crippen LogP contribution in [0.25, 0.3) is 11.0 Å². The number of carbonyl (C=O) groups excluding carboxylic acids is 1. The summed E-state index contributed by atoms with van der Waals surface area (Å²) >= 11 is 12.5. The Kier molecular flexibility index (Phi) is 6.36. The summed E-state index contributed by atoms with van der Waals surface area (Å²) in [6.45, 7) is 1.12. The zero-order valence-corrected chi connectivity index (χ0v) is 17.8. The SMILES string of the molecule is O=C(Cc1ccccc1Cl)NCCc1nc2ccccc2n1Cc1ccccc1Cl. The number of nitrogens with one attached hydrogen (secondary N) is 1. The van der Waals surface area contributed by atoms with Gasteiger partial charge in [-0.25, -0.2) is 4.98 Å². The molecular formula is C24H21Cl2N3O. The zero-order valence-electron chi connectivity index (χ0n) is 16.3. The molecule has 0 saturated carbocycles. The molecule has 0 atom stereocenters. The largest absolute Gasteiger partial charge is 0.355 e. The minimum atomic E-state index is -0.0585. The Morgan fingerprint density at radius 2 is 1.50 bits per heavy atom. The van der Waals surface area contributed by atoms with Gasteiger partial charge in [-0.15, -0.1) is 0 Å². The van der Waals surface area contributed by atoms with Crippen molar-refractivity contribution in [2.45, 2.75) is 19.4 Å². The first-order valence-electron chi connectivity index (χ1n) is 9.79. The maximum atomic E-state index is 12.3. The van der Waals surface area contributed by atoms with Crippen LogP contribution in [0.15, 0.2) is 72.8 Å². The average molecular weight is 438 g/mol. The number of halogens is 2. The van der Waals surface area contributed by atoms with Crippen molar-refractivity contribution in [1.29, 1.82) is 0 Å². The fraction of sp³-hybridized carbons (Fsp3) is 0.167. The summed E-state index contributed by atoms with van der Waals surface area (Å²) in [5.74, 6) is 0.853. The molecule has 0 aliphatic carbocycles. The van der Waals surface area contributed by atoms with Gasteiger partial charge in [0.2, 0.25) is 5.91 Å². The van der Waals surface area contributed by atoms with Gasteiger partial charge in [-0.3, -0.25) is 4.79 Å². The Morgan fingerprint density at radius 1 is 0.867 bits per heavy atom. The molecule has 1 N–H and O–H groups in total. The molecule has 3 aromatic carbocycles. The molecule has 0 unspecified atom stereocenters. The lowest BCUT2D eigenvalue weighted by atomic mass is 10.1. The first kappa shape index (κ1) is 20.5. The predicted octanol–water partition coefficient (Wildman–Crippen LogP) is 5.29. The lowest BCUT2D eigenvalue weighted by Crippen LogP contribution is -2.28. The van der Waals surface area contributed by atoms with Crippen molar-refractivity contribution >= 4 is 40.1 Å². The summed E-state index contributed by atoms with van der Waals surface area (Å²) < 4.78 is 2.16. The molecule has 0 saturated heterocycles. The van der Waals surface area contributed by atoms with Crippen molar-refractivity contribution in [3.8, 4) is 0 Å². The molecule has 4 rings (SSSR count). The molecular weight excluding hydrogens is 417 g/mol. The third kappa shape index (κ3) is 4.66. The molecule has 0 aliphatic rings. The minimum absolute atomic E-state index is 0.0585. The van der Waals surface area contributed by atoms with Crippen LogP contribution in [-0.2, 0) is 24.2 Å². The summed E-state index contributed by atoms with van der Waals surface area (Å²) in [5, 5.41) is 4.31. The Labute approximate surface area is 185 Å². The average Bonchev–Trinajstić information content (AvgIpc) is 3.09. The highest BCUT2D eigenvalue weighted by Gasteiger charge is 2.13. The number of imidazole rings is 1. The topological polar surface area (TPSA) is 46.9 Å². The molecule has 0 bridgehead atoms. The number of aromatic nitrogens is 2. The van der Waals surface area contributed by atoms with Crippen LogP contribution in [0.2, 0.25) is 10.0 Å². The van der Waals surface area contributed by atoms with Crippen LogP contribution >= 0.6 is 23.2 Å². The number of carbonyl (C=O) groups is 1. The Hall–Kier alpha value is -2.82. The van der Waals surface area contributed by atoms with Gasteiger partial charge in [0.1, 0.15) is 5.82 Å². The molecule has 1 amide bonds. The number of benzene rings is 3. The number of fused-ring (bicyclic) bond motifs is 1. The van der Waals surface area contributed by atoms with Crippen LogP contribution in [-0.4, -0.2) is 22.0 Å². The molecule has 0 radical (unpaired) electrons. The molecule has 0 fully saturated rings. The number of hydrogen-bond acceptors (Lipinski definition) is 2. The van der Waals surface area contributed by atoms with Crippen molar-refractivity contribution < 1.29 is 4.79 Å². The lowest BCUT2D eigenvalue weighted by Gasteiger charge is -2.11. The van der Waals surface area contributed by atoms with Crippen LogP contribution in [0.5, 0.6) is 0 Å². The van der Waals surface area contributed by atoms with Crippen molar-refractivity contribution in [2.24, 2.45) is 0 Å². The Balaban J connectivity index is 1.48. The first-order valence-corrected chi connectivity index (χ1v) is 10.5. The number of rotatable bonds is 7. The van der Waals surface area contributed by atoms with Gasteiger partial charge in [0.25, 0.3) is 0 Å². The highest BCUT2D eigenvalue weighted by molar-refractivity contribution is 6.31. The van der Waals surface area contributed by atoms with E-state index in [9.17, 15) is 4.79 Å². The fourth-order valence-corrected chi connectivity index (χ4v) is 3.88. The zero-order chi connectivity index (χ0) is 20.9. The van der Waals surface area contributed by atoms with Gasteiger partial charge in [0, 0.05) is 23.0 Å². The highest BCUT2D eigenvalue weighted by atomic mass is 35.5. The molecule has 0 aliphatic heterocycles. The number of nitrogens with zero attached hydrogens (tertiary/aromatic N) is 2. The van der Waals surface area contributed by atoms with Gasteiger partial charge in [0.15, 0.2) is 0 Å². The van der Waals surface area contributed by atoms with Gasteiger partial charge in [-0.05, 0) is 35.4 Å². The van der Waals surface area contributed by atoms with Crippen LogP contribution in [0.3, 0.4) is 0 Å². The maximum Gasteiger partial charge on any atom is 0.224 e. The van der Waals surface area contributed by atoms with Gasteiger partial charge >= 0.3 is 0 Å². The molecule has 152 valence electrons. The number of hydrogen-bond donors (Lipinski definition) is 1. The lowest BCUT2D eigenvalue weighted by molar-refractivity contribution is -0.120. The minimum Gasteiger partial charge on any atom is -0.355 e. The van der Waals surface area contributed by atoms with E-state index in [1.54, 1.807) is 6.07 Å². The second kappa shape index (κ2) is 9.33. The van der Waals surface area contributed by atoms with Gasteiger partial charge in [-0.2, -0.15) is 0 Å².